The first kappa shape index (κ1) is 9.93. The van der Waals surface area contributed by atoms with Crippen LogP contribution in [0.5, 0.6) is 5.88 Å². The van der Waals surface area contributed by atoms with Gasteiger partial charge in [0.1, 0.15) is 0 Å². The molecule has 1 aliphatic rings. The third-order valence-electron chi connectivity index (χ3n) is 2.62. The molecule has 4 heteroatoms. The minimum atomic E-state index is 0.499. The smallest absolute Gasteiger partial charge is 0.225 e. The molecule has 1 fully saturated rings. The van der Waals surface area contributed by atoms with Crippen LogP contribution in [-0.4, -0.2) is 18.0 Å². The van der Waals surface area contributed by atoms with Crippen molar-refractivity contribution in [3.63, 3.8) is 0 Å². The summed E-state index contributed by atoms with van der Waals surface area (Å²) < 4.78 is 9.31. The molecule has 1 saturated heterocycles. The van der Waals surface area contributed by atoms with E-state index in [4.69, 9.17) is 4.74 Å². The highest BCUT2D eigenvalue weighted by Gasteiger charge is 2.16. The summed E-state index contributed by atoms with van der Waals surface area (Å²) >= 11 is 1.55. The third-order valence-corrected chi connectivity index (χ3v) is 3.50. The Labute approximate surface area is 88.6 Å². The predicted molar refractivity (Wildman–Crippen MR) is 57.9 cm³/mol. The lowest BCUT2D eigenvalue weighted by molar-refractivity contribution is 0.402. The van der Waals surface area contributed by atoms with Gasteiger partial charge in [0.25, 0.3) is 0 Å². The minimum absolute atomic E-state index is 0.499. The molecular weight excluding hydrogens is 196 g/mol. The Bertz CT molecular complexity index is 279. The van der Waals surface area contributed by atoms with Crippen molar-refractivity contribution >= 4 is 11.5 Å². The maximum absolute atomic E-state index is 5.09. The van der Waals surface area contributed by atoms with E-state index < -0.39 is 0 Å². The van der Waals surface area contributed by atoms with Crippen molar-refractivity contribution in [2.45, 2.75) is 31.7 Å². The molecular formula is C10H16N2OS. The van der Waals surface area contributed by atoms with Gasteiger partial charge in [0.05, 0.1) is 7.11 Å². The fourth-order valence-electron chi connectivity index (χ4n) is 1.80. The SMILES string of the molecule is COc1cc(C2CCCCCN2)sn1. The van der Waals surface area contributed by atoms with Gasteiger partial charge < -0.3 is 10.1 Å². The Morgan fingerprint density at radius 2 is 2.43 bits per heavy atom. The maximum Gasteiger partial charge on any atom is 0.225 e. The largest absolute Gasteiger partial charge is 0.480 e. The summed E-state index contributed by atoms with van der Waals surface area (Å²) in [5, 5.41) is 3.55. The van der Waals surface area contributed by atoms with Crippen LogP contribution in [0.25, 0.3) is 0 Å². The van der Waals surface area contributed by atoms with Gasteiger partial charge in [-0.2, -0.15) is 4.37 Å². The molecule has 1 atom stereocenters. The quantitative estimate of drug-likeness (QED) is 0.817. The zero-order chi connectivity index (χ0) is 9.80. The fourth-order valence-corrected chi connectivity index (χ4v) is 2.61. The van der Waals surface area contributed by atoms with Crippen LogP contribution in [-0.2, 0) is 0 Å². The molecule has 14 heavy (non-hydrogen) atoms. The van der Waals surface area contributed by atoms with E-state index in [2.05, 4.69) is 9.69 Å². The van der Waals surface area contributed by atoms with E-state index in [9.17, 15) is 0 Å². The standard InChI is InChI=1S/C10H16N2OS/c1-13-10-7-9(14-12-10)8-5-3-2-4-6-11-8/h7-8,11H,2-6H2,1H3. The van der Waals surface area contributed by atoms with E-state index in [0.29, 0.717) is 6.04 Å². The summed E-state index contributed by atoms with van der Waals surface area (Å²) in [6.07, 6.45) is 5.19. The van der Waals surface area contributed by atoms with Gasteiger partial charge >= 0.3 is 0 Å². The maximum atomic E-state index is 5.09. The molecule has 1 aliphatic heterocycles. The van der Waals surface area contributed by atoms with Crippen molar-refractivity contribution in [1.29, 1.82) is 0 Å². The summed E-state index contributed by atoms with van der Waals surface area (Å²) in [6.45, 7) is 1.13. The van der Waals surface area contributed by atoms with Gasteiger partial charge in [0.15, 0.2) is 0 Å². The number of rotatable bonds is 2. The highest BCUT2D eigenvalue weighted by Crippen LogP contribution is 2.28. The van der Waals surface area contributed by atoms with Gasteiger partial charge in [0, 0.05) is 17.0 Å². The van der Waals surface area contributed by atoms with Gasteiger partial charge in [-0.25, -0.2) is 0 Å². The number of nitrogens with one attached hydrogen (secondary N) is 1. The number of hydrogen-bond acceptors (Lipinski definition) is 4. The predicted octanol–water partition coefficient (Wildman–Crippen LogP) is 2.36. The van der Waals surface area contributed by atoms with E-state index in [0.717, 1.165) is 12.4 Å². The van der Waals surface area contributed by atoms with Crippen LogP contribution in [0.2, 0.25) is 0 Å². The first-order valence-electron chi connectivity index (χ1n) is 5.14. The summed E-state index contributed by atoms with van der Waals surface area (Å²) in [4.78, 5) is 1.31. The molecule has 0 aliphatic carbocycles. The van der Waals surface area contributed by atoms with Crippen LogP contribution in [0.15, 0.2) is 6.07 Å². The van der Waals surface area contributed by atoms with Crippen molar-refractivity contribution < 1.29 is 4.74 Å². The van der Waals surface area contributed by atoms with Crippen LogP contribution in [0.3, 0.4) is 0 Å². The average molecular weight is 212 g/mol. The molecule has 3 nitrogen and oxygen atoms in total. The van der Waals surface area contributed by atoms with Gasteiger partial charge in [-0.05, 0) is 30.9 Å². The number of hydrogen-bond donors (Lipinski definition) is 1. The zero-order valence-corrected chi connectivity index (χ0v) is 9.27. The van der Waals surface area contributed by atoms with Crippen LogP contribution >= 0.6 is 11.5 Å². The average Bonchev–Trinajstić information content (AvgIpc) is 2.53. The van der Waals surface area contributed by atoms with Crippen molar-refractivity contribution in [3.05, 3.63) is 10.9 Å². The van der Waals surface area contributed by atoms with E-state index >= 15 is 0 Å². The second-order valence-electron chi connectivity index (χ2n) is 3.63. The summed E-state index contributed by atoms with van der Waals surface area (Å²) in [6, 6.07) is 2.55. The molecule has 78 valence electrons. The van der Waals surface area contributed by atoms with Crippen molar-refractivity contribution in [1.82, 2.24) is 9.69 Å². The topological polar surface area (TPSA) is 34.1 Å². The number of methoxy groups -OCH3 is 1. The lowest BCUT2D eigenvalue weighted by atomic mass is 10.1. The molecule has 0 saturated carbocycles. The monoisotopic (exact) mass is 212 g/mol. The van der Waals surface area contributed by atoms with Gasteiger partial charge in [-0.15, -0.1) is 0 Å². The van der Waals surface area contributed by atoms with E-state index in [1.54, 1.807) is 18.6 Å². The number of nitrogens with zero attached hydrogens (tertiary/aromatic N) is 1. The Hall–Kier alpha value is -0.610. The number of ether oxygens (including phenoxy) is 1. The molecule has 0 spiro atoms. The fraction of sp³-hybridized carbons (Fsp3) is 0.700. The molecule has 0 radical (unpaired) electrons. The van der Waals surface area contributed by atoms with Crippen molar-refractivity contribution in [2.24, 2.45) is 0 Å². The van der Waals surface area contributed by atoms with Crippen LogP contribution in [0.1, 0.15) is 36.6 Å². The number of aromatic nitrogens is 1. The molecule has 0 amide bonds. The second-order valence-corrected chi connectivity index (χ2v) is 4.46. The normalized spacial score (nSPS) is 23.1. The molecule has 1 aromatic rings. The van der Waals surface area contributed by atoms with Gasteiger partial charge in [-0.3, -0.25) is 0 Å². The lowest BCUT2D eigenvalue weighted by Gasteiger charge is -2.12. The Kier molecular flexibility index (Phi) is 3.37. The molecule has 2 rings (SSSR count). The Balaban J connectivity index is 2.04. The Morgan fingerprint density at radius 1 is 1.50 bits per heavy atom. The highest BCUT2D eigenvalue weighted by atomic mass is 32.1. The summed E-state index contributed by atoms with van der Waals surface area (Å²) in [7, 11) is 1.67. The molecule has 0 bridgehead atoms. The first-order valence-corrected chi connectivity index (χ1v) is 5.91. The van der Waals surface area contributed by atoms with Gasteiger partial charge in [0.2, 0.25) is 5.88 Å². The minimum Gasteiger partial charge on any atom is -0.480 e. The third kappa shape index (κ3) is 2.25. The summed E-state index contributed by atoms with van der Waals surface area (Å²) in [5.41, 5.74) is 0. The second kappa shape index (κ2) is 4.75. The highest BCUT2D eigenvalue weighted by molar-refractivity contribution is 7.06. The van der Waals surface area contributed by atoms with Gasteiger partial charge in [-0.1, -0.05) is 12.8 Å². The van der Waals surface area contributed by atoms with E-state index in [1.807, 2.05) is 6.07 Å². The molecule has 1 N–H and O–H groups in total. The van der Waals surface area contributed by atoms with Crippen molar-refractivity contribution in [2.75, 3.05) is 13.7 Å². The molecule has 2 heterocycles. The van der Waals surface area contributed by atoms with Crippen LogP contribution in [0.4, 0.5) is 0 Å². The molecule has 1 unspecified atom stereocenters. The Morgan fingerprint density at radius 3 is 3.21 bits per heavy atom. The first-order chi connectivity index (χ1) is 6.90. The van der Waals surface area contributed by atoms with Crippen LogP contribution < -0.4 is 10.1 Å². The molecule has 0 aromatic carbocycles. The van der Waals surface area contributed by atoms with Crippen LogP contribution in [0, 0.1) is 0 Å². The van der Waals surface area contributed by atoms with Crippen molar-refractivity contribution in [3.8, 4) is 5.88 Å². The van der Waals surface area contributed by atoms with E-state index in [-0.39, 0.29) is 0 Å². The zero-order valence-electron chi connectivity index (χ0n) is 8.45. The van der Waals surface area contributed by atoms with E-state index in [1.165, 1.54) is 30.6 Å². The molecule has 1 aromatic heterocycles. The lowest BCUT2D eigenvalue weighted by Crippen LogP contribution is -2.19. The summed E-state index contributed by atoms with van der Waals surface area (Å²) in [5.74, 6) is 0.746.